The molecule has 190 valence electrons. The number of fused-ring (bicyclic) bond motifs is 6. The third-order valence-corrected chi connectivity index (χ3v) is 10.2. The first-order valence-corrected chi connectivity index (χ1v) is 13.5. The highest BCUT2D eigenvalue weighted by Crippen LogP contribution is 2.65. The number of carboxylic acids is 1. The van der Waals surface area contributed by atoms with Gasteiger partial charge in [-0.2, -0.15) is 0 Å². The summed E-state index contributed by atoms with van der Waals surface area (Å²) in [4.78, 5) is 27.6. The highest BCUT2D eigenvalue weighted by Gasteiger charge is 2.57. The lowest BCUT2D eigenvalue weighted by Gasteiger charge is -2.57. The van der Waals surface area contributed by atoms with Crippen LogP contribution in [-0.2, 0) is 14.3 Å². The lowest BCUT2D eigenvalue weighted by molar-refractivity contribution is -0.154. The van der Waals surface area contributed by atoms with Gasteiger partial charge in [-0.15, -0.1) is 0 Å². The number of aromatic nitrogens is 2. The topological polar surface area (TPSA) is 81.4 Å². The monoisotopic (exact) mass is 488 g/mol. The number of aliphatic carboxylic acids is 1. The van der Waals surface area contributed by atoms with E-state index in [1.54, 1.807) is 0 Å². The first kappa shape index (κ1) is 23.5. The number of hydrogen-bond acceptors (Lipinski definition) is 4. The smallest absolute Gasteiger partial charge is 0.306 e. The molecule has 0 radical (unpaired) electrons. The van der Waals surface area contributed by atoms with E-state index >= 15 is 0 Å². The van der Waals surface area contributed by atoms with Crippen molar-refractivity contribution < 1.29 is 19.4 Å². The summed E-state index contributed by atoms with van der Waals surface area (Å²) in [7, 11) is 0. The summed E-state index contributed by atoms with van der Waals surface area (Å²) in [5.41, 5.74) is 5.46. The summed E-state index contributed by atoms with van der Waals surface area (Å²) in [6, 6.07) is 8.42. The van der Waals surface area contributed by atoms with Gasteiger partial charge in [-0.3, -0.25) is 9.59 Å². The molecule has 2 fully saturated rings. The predicted octanol–water partition coefficient (Wildman–Crippen LogP) is 6.23. The fourth-order valence-corrected chi connectivity index (χ4v) is 8.25. The number of benzene rings is 1. The van der Waals surface area contributed by atoms with Crippen LogP contribution in [0.4, 0.5) is 0 Å². The molecule has 0 amide bonds. The molecule has 36 heavy (non-hydrogen) atoms. The van der Waals surface area contributed by atoms with E-state index in [2.05, 4.69) is 59.8 Å². The molecular weight excluding hydrogens is 452 g/mol. The van der Waals surface area contributed by atoms with E-state index in [9.17, 15) is 9.59 Å². The van der Waals surface area contributed by atoms with E-state index in [0.29, 0.717) is 17.8 Å². The molecule has 2 saturated carbocycles. The Balaban J connectivity index is 1.20. The van der Waals surface area contributed by atoms with Crippen LogP contribution in [0.25, 0.3) is 16.7 Å². The SMILES string of the molecule is C[C@]12CC[C@H](OC(=O)CCC(=O)O)CC1=CCC1C2CC[C@]2(C)C(n3cnc4ccccc43)=CCC12. The van der Waals surface area contributed by atoms with Crippen LogP contribution in [0.2, 0.25) is 0 Å². The van der Waals surface area contributed by atoms with Gasteiger partial charge in [0.2, 0.25) is 0 Å². The summed E-state index contributed by atoms with van der Waals surface area (Å²) in [6.45, 7) is 4.93. The Morgan fingerprint density at radius 2 is 1.86 bits per heavy atom. The van der Waals surface area contributed by atoms with Gasteiger partial charge in [0.05, 0.1) is 23.9 Å². The predicted molar refractivity (Wildman–Crippen MR) is 138 cm³/mol. The Morgan fingerprint density at radius 3 is 2.69 bits per heavy atom. The summed E-state index contributed by atoms with van der Waals surface area (Å²) >= 11 is 0. The van der Waals surface area contributed by atoms with Crippen molar-refractivity contribution in [2.24, 2.45) is 28.6 Å². The molecule has 1 aromatic heterocycles. The number of hydrogen-bond donors (Lipinski definition) is 1. The van der Waals surface area contributed by atoms with Crippen molar-refractivity contribution in [3.05, 3.63) is 48.3 Å². The molecular formula is C30H36N2O4. The van der Waals surface area contributed by atoms with Crippen molar-refractivity contribution in [1.82, 2.24) is 9.55 Å². The van der Waals surface area contributed by atoms with E-state index in [1.165, 1.54) is 29.6 Å². The maximum atomic E-state index is 12.1. The zero-order valence-corrected chi connectivity index (χ0v) is 21.3. The molecule has 1 N–H and O–H groups in total. The van der Waals surface area contributed by atoms with E-state index < -0.39 is 5.97 Å². The Hall–Kier alpha value is -2.89. The number of nitrogens with zero attached hydrogens (tertiary/aromatic N) is 2. The van der Waals surface area contributed by atoms with E-state index in [-0.39, 0.29) is 35.7 Å². The van der Waals surface area contributed by atoms with Crippen LogP contribution in [-0.4, -0.2) is 32.7 Å². The molecule has 0 saturated heterocycles. The van der Waals surface area contributed by atoms with Crippen LogP contribution >= 0.6 is 0 Å². The van der Waals surface area contributed by atoms with Crippen molar-refractivity contribution in [2.45, 2.75) is 77.7 Å². The molecule has 1 heterocycles. The van der Waals surface area contributed by atoms with Crippen LogP contribution in [0, 0.1) is 28.6 Å². The van der Waals surface area contributed by atoms with Crippen LogP contribution in [0.1, 0.15) is 71.6 Å². The molecule has 6 nitrogen and oxygen atoms in total. The van der Waals surface area contributed by atoms with Crippen LogP contribution in [0.5, 0.6) is 0 Å². The maximum Gasteiger partial charge on any atom is 0.306 e. The van der Waals surface area contributed by atoms with Crippen molar-refractivity contribution in [3.63, 3.8) is 0 Å². The molecule has 4 aliphatic carbocycles. The number of rotatable bonds is 5. The molecule has 0 spiro atoms. The normalized spacial score (nSPS) is 35.3. The van der Waals surface area contributed by atoms with E-state index in [1.807, 2.05) is 6.33 Å². The van der Waals surface area contributed by atoms with Crippen molar-refractivity contribution >= 4 is 28.7 Å². The molecule has 6 heteroatoms. The number of carboxylic acid groups (broad SMARTS) is 1. The molecule has 6 atom stereocenters. The standard InChI is InChI=1S/C30H36N2O4/c1-29-15-13-20(36-28(35)12-11-27(33)34)17-19(29)7-8-21-22-9-10-26(30(22,2)16-14-23(21)29)32-18-31-24-5-3-4-6-25(24)32/h3-7,10,18,20-23H,8-9,11-17H2,1-2H3,(H,33,34)/t20-,21?,22?,23?,29-,30-/m0/s1. The van der Waals surface area contributed by atoms with Crippen LogP contribution < -0.4 is 0 Å². The van der Waals surface area contributed by atoms with Gasteiger partial charge in [-0.25, -0.2) is 4.98 Å². The summed E-state index contributed by atoms with van der Waals surface area (Å²) < 4.78 is 8.03. The summed E-state index contributed by atoms with van der Waals surface area (Å²) in [5, 5.41) is 8.84. The number of para-hydroxylation sites is 2. The van der Waals surface area contributed by atoms with Gasteiger partial charge in [-0.05, 0) is 73.8 Å². The largest absolute Gasteiger partial charge is 0.481 e. The lowest BCUT2D eigenvalue weighted by atomic mass is 9.47. The van der Waals surface area contributed by atoms with Gasteiger partial charge in [-0.1, -0.05) is 43.7 Å². The number of carbonyl (C=O) groups excluding carboxylic acids is 1. The van der Waals surface area contributed by atoms with Crippen molar-refractivity contribution in [1.29, 1.82) is 0 Å². The zero-order valence-electron chi connectivity index (χ0n) is 21.3. The third-order valence-electron chi connectivity index (χ3n) is 10.2. The molecule has 0 bridgehead atoms. The zero-order chi connectivity index (χ0) is 25.1. The Kier molecular flexibility index (Phi) is 5.62. The molecule has 1 aromatic carbocycles. The number of carbonyl (C=O) groups is 2. The average molecular weight is 489 g/mol. The van der Waals surface area contributed by atoms with Gasteiger partial charge < -0.3 is 14.4 Å². The van der Waals surface area contributed by atoms with Crippen LogP contribution in [0.15, 0.2) is 48.3 Å². The number of esters is 1. The molecule has 0 aliphatic heterocycles. The molecule has 3 unspecified atom stereocenters. The van der Waals surface area contributed by atoms with Gasteiger partial charge >= 0.3 is 11.9 Å². The minimum atomic E-state index is -0.959. The summed E-state index contributed by atoms with van der Waals surface area (Å²) in [6.07, 6.45) is 14.0. The van der Waals surface area contributed by atoms with Crippen LogP contribution in [0.3, 0.4) is 0 Å². The number of imidazole rings is 1. The first-order valence-electron chi connectivity index (χ1n) is 13.5. The van der Waals surface area contributed by atoms with E-state index in [0.717, 1.165) is 37.6 Å². The van der Waals surface area contributed by atoms with Gasteiger partial charge in [0, 0.05) is 17.5 Å². The molecule has 6 rings (SSSR count). The number of allylic oxidation sites excluding steroid dienone is 3. The van der Waals surface area contributed by atoms with Crippen molar-refractivity contribution in [2.75, 3.05) is 0 Å². The fourth-order valence-electron chi connectivity index (χ4n) is 8.25. The maximum absolute atomic E-state index is 12.1. The Morgan fingerprint density at radius 1 is 1.06 bits per heavy atom. The third kappa shape index (κ3) is 3.63. The summed E-state index contributed by atoms with van der Waals surface area (Å²) in [5.74, 6) is 0.611. The quantitative estimate of drug-likeness (QED) is 0.399. The molecule has 4 aliphatic rings. The first-order chi connectivity index (χ1) is 17.3. The fraction of sp³-hybridized carbons (Fsp3) is 0.567. The van der Waals surface area contributed by atoms with Gasteiger partial charge in [0.25, 0.3) is 0 Å². The second kappa shape index (κ2) is 8.60. The minimum absolute atomic E-state index is 0.0470. The second-order valence-electron chi connectivity index (χ2n) is 11.9. The average Bonchev–Trinajstić information content (AvgIpc) is 3.43. The Labute approximate surface area is 212 Å². The highest BCUT2D eigenvalue weighted by atomic mass is 16.5. The minimum Gasteiger partial charge on any atom is -0.481 e. The Bertz CT molecular complexity index is 1270. The second-order valence-corrected chi connectivity index (χ2v) is 11.9. The number of ether oxygens (including phenoxy) is 1. The van der Waals surface area contributed by atoms with Gasteiger partial charge in [0.1, 0.15) is 12.4 Å². The van der Waals surface area contributed by atoms with Gasteiger partial charge in [0.15, 0.2) is 0 Å². The van der Waals surface area contributed by atoms with Crippen molar-refractivity contribution in [3.8, 4) is 0 Å². The molecule has 2 aromatic rings. The lowest BCUT2D eigenvalue weighted by Crippen LogP contribution is -2.50. The highest BCUT2D eigenvalue weighted by molar-refractivity contribution is 5.80. The van der Waals surface area contributed by atoms with E-state index in [4.69, 9.17) is 9.84 Å².